The van der Waals surface area contributed by atoms with E-state index in [9.17, 15) is 9.59 Å². The van der Waals surface area contributed by atoms with Crippen LogP contribution in [0.2, 0.25) is 15.1 Å². The molecule has 0 spiro atoms. The number of carbonyl (C=O) groups is 2. The number of amides is 2. The molecule has 2 amide bonds. The molecule has 0 saturated heterocycles. The molecule has 0 saturated carbocycles. The van der Waals surface area contributed by atoms with Gasteiger partial charge in [0, 0.05) is 0 Å². The molecule has 2 aromatic carbocycles. The molecule has 0 aliphatic heterocycles. The summed E-state index contributed by atoms with van der Waals surface area (Å²) in [6.45, 7) is 3.68. The molecule has 0 unspecified atom stereocenters. The summed E-state index contributed by atoms with van der Waals surface area (Å²) in [5, 5.41) is 5.72. The van der Waals surface area contributed by atoms with Crippen LogP contribution >= 0.6 is 34.8 Å². The van der Waals surface area contributed by atoms with Crippen LogP contribution in [-0.2, 0) is 9.59 Å². The number of hydrogen-bond donors (Lipinski definition) is 2. The van der Waals surface area contributed by atoms with E-state index in [0.717, 1.165) is 11.1 Å². The van der Waals surface area contributed by atoms with E-state index in [-0.39, 0.29) is 15.7 Å². The number of aryl methyl sites for hydroxylation is 2. The van der Waals surface area contributed by atoms with Gasteiger partial charge >= 0.3 is 11.8 Å². The van der Waals surface area contributed by atoms with Crippen LogP contribution in [0.25, 0.3) is 0 Å². The van der Waals surface area contributed by atoms with Gasteiger partial charge in [0.15, 0.2) is 0 Å². The zero-order valence-corrected chi connectivity index (χ0v) is 14.6. The second kappa shape index (κ2) is 7.21. The SMILES string of the molecule is Cc1cc(C)c(NC(=O)C(=O)Nc2cccc(Cl)c2Cl)c(Cl)c1. The smallest absolute Gasteiger partial charge is 0.314 e. The monoisotopic (exact) mass is 370 g/mol. The summed E-state index contributed by atoms with van der Waals surface area (Å²) in [6.07, 6.45) is 0. The third-order valence-corrected chi connectivity index (χ3v) is 4.19. The number of rotatable bonds is 2. The number of halogens is 3. The van der Waals surface area contributed by atoms with E-state index in [2.05, 4.69) is 10.6 Å². The zero-order valence-electron chi connectivity index (χ0n) is 12.3. The molecule has 2 N–H and O–H groups in total. The topological polar surface area (TPSA) is 58.2 Å². The summed E-state index contributed by atoms with van der Waals surface area (Å²) in [4.78, 5) is 24.0. The van der Waals surface area contributed by atoms with E-state index in [1.54, 1.807) is 31.2 Å². The molecule has 23 heavy (non-hydrogen) atoms. The average Bonchev–Trinajstić information content (AvgIpc) is 2.47. The molecule has 0 radical (unpaired) electrons. The molecule has 0 bridgehead atoms. The van der Waals surface area contributed by atoms with Crippen LogP contribution in [0.5, 0.6) is 0 Å². The highest BCUT2D eigenvalue weighted by molar-refractivity contribution is 6.47. The van der Waals surface area contributed by atoms with E-state index in [1.165, 1.54) is 0 Å². The van der Waals surface area contributed by atoms with Crippen LogP contribution < -0.4 is 10.6 Å². The van der Waals surface area contributed by atoms with Crippen LogP contribution in [0.15, 0.2) is 30.3 Å². The van der Waals surface area contributed by atoms with Crippen molar-refractivity contribution in [2.75, 3.05) is 10.6 Å². The predicted octanol–water partition coefficient (Wildman–Crippen LogP) is 4.84. The quantitative estimate of drug-likeness (QED) is 0.742. The Morgan fingerprint density at radius 3 is 2.22 bits per heavy atom. The third-order valence-electron chi connectivity index (χ3n) is 3.08. The predicted molar refractivity (Wildman–Crippen MR) is 94.6 cm³/mol. The van der Waals surface area contributed by atoms with Gasteiger partial charge in [-0.05, 0) is 43.2 Å². The van der Waals surface area contributed by atoms with Crippen molar-refractivity contribution in [3.63, 3.8) is 0 Å². The maximum absolute atomic E-state index is 12.0. The molecule has 120 valence electrons. The van der Waals surface area contributed by atoms with Crippen LogP contribution in [0.4, 0.5) is 11.4 Å². The van der Waals surface area contributed by atoms with Gasteiger partial charge in [0.05, 0.1) is 26.4 Å². The first kappa shape index (κ1) is 17.6. The number of anilines is 2. The summed E-state index contributed by atoms with van der Waals surface area (Å²) in [5.41, 5.74) is 2.37. The molecule has 2 rings (SSSR count). The van der Waals surface area contributed by atoms with Gasteiger partial charge in [-0.3, -0.25) is 9.59 Å². The van der Waals surface area contributed by atoms with Gasteiger partial charge < -0.3 is 10.6 Å². The zero-order chi connectivity index (χ0) is 17.1. The summed E-state index contributed by atoms with van der Waals surface area (Å²) >= 11 is 17.9. The van der Waals surface area contributed by atoms with Gasteiger partial charge in [-0.25, -0.2) is 0 Å². The second-order valence-electron chi connectivity index (χ2n) is 4.95. The normalized spacial score (nSPS) is 10.3. The molecule has 0 aliphatic rings. The van der Waals surface area contributed by atoms with Crippen LogP contribution in [0, 0.1) is 13.8 Å². The van der Waals surface area contributed by atoms with E-state index < -0.39 is 11.8 Å². The molecular formula is C16H13Cl3N2O2. The van der Waals surface area contributed by atoms with Crippen molar-refractivity contribution in [3.05, 3.63) is 56.5 Å². The Morgan fingerprint density at radius 2 is 1.57 bits per heavy atom. The average molecular weight is 372 g/mol. The third kappa shape index (κ3) is 4.16. The molecule has 7 heteroatoms. The van der Waals surface area contributed by atoms with E-state index in [4.69, 9.17) is 34.8 Å². The highest BCUT2D eigenvalue weighted by Crippen LogP contribution is 2.30. The number of carbonyl (C=O) groups excluding carboxylic acids is 2. The highest BCUT2D eigenvalue weighted by Gasteiger charge is 2.18. The Morgan fingerprint density at radius 1 is 0.913 bits per heavy atom. The molecule has 0 atom stereocenters. The molecule has 0 heterocycles. The standard InChI is InChI=1S/C16H13Cl3N2O2/c1-8-6-9(2)14(11(18)7-8)21-16(23)15(22)20-12-5-3-4-10(17)13(12)19/h3-7H,1-2H3,(H,20,22)(H,21,23). The summed E-state index contributed by atoms with van der Waals surface area (Å²) in [5.74, 6) is -1.72. The Balaban J connectivity index is 2.15. The van der Waals surface area contributed by atoms with Crippen molar-refractivity contribution in [2.45, 2.75) is 13.8 Å². The molecule has 0 aliphatic carbocycles. The van der Waals surface area contributed by atoms with Crippen molar-refractivity contribution in [2.24, 2.45) is 0 Å². The Bertz CT molecular complexity index is 768. The molecule has 2 aromatic rings. The van der Waals surface area contributed by atoms with E-state index in [1.807, 2.05) is 13.0 Å². The number of hydrogen-bond acceptors (Lipinski definition) is 2. The van der Waals surface area contributed by atoms with Gasteiger partial charge in [0.25, 0.3) is 0 Å². The van der Waals surface area contributed by atoms with E-state index in [0.29, 0.717) is 10.7 Å². The molecule has 4 nitrogen and oxygen atoms in total. The van der Waals surface area contributed by atoms with Gasteiger partial charge in [-0.2, -0.15) is 0 Å². The van der Waals surface area contributed by atoms with Crippen molar-refractivity contribution in [1.29, 1.82) is 0 Å². The van der Waals surface area contributed by atoms with Crippen molar-refractivity contribution in [1.82, 2.24) is 0 Å². The lowest BCUT2D eigenvalue weighted by Gasteiger charge is -2.12. The fraction of sp³-hybridized carbons (Fsp3) is 0.125. The Kier molecular flexibility index (Phi) is 5.52. The van der Waals surface area contributed by atoms with Gasteiger partial charge in [-0.1, -0.05) is 46.9 Å². The number of nitrogens with one attached hydrogen (secondary N) is 2. The Labute approximate surface area is 148 Å². The highest BCUT2D eigenvalue weighted by atomic mass is 35.5. The molecular weight excluding hydrogens is 359 g/mol. The molecule has 0 aromatic heterocycles. The van der Waals surface area contributed by atoms with E-state index >= 15 is 0 Å². The van der Waals surface area contributed by atoms with Crippen LogP contribution in [0.1, 0.15) is 11.1 Å². The first-order valence-electron chi connectivity index (χ1n) is 6.62. The first-order valence-corrected chi connectivity index (χ1v) is 7.76. The molecule has 0 fully saturated rings. The summed E-state index contributed by atoms with van der Waals surface area (Å²) in [7, 11) is 0. The van der Waals surface area contributed by atoms with Crippen LogP contribution in [-0.4, -0.2) is 11.8 Å². The fourth-order valence-electron chi connectivity index (χ4n) is 2.02. The van der Waals surface area contributed by atoms with Crippen molar-refractivity contribution in [3.8, 4) is 0 Å². The Hall–Kier alpha value is -1.75. The minimum Gasteiger partial charge on any atom is -0.316 e. The van der Waals surface area contributed by atoms with Gasteiger partial charge in [0.1, 0.15) is 0 Å². The maximum atomic E-state index is 12.0. The number of benzene rings is 2. The minimum absolute atomic E-state index is 0.167. The minimum atomic E-state index is -0.870. The maximum Gasteiger partial charge on any atom is 0.314 e. The van der Waals surface area contributed by atoms with Gasteiger partial charge in [-0.15, -0.1) is 0 Å². The van der Waals surface area contributed by atoms with Gasteiger partial charge in [0.2, 0.25) is 0 Å². The second-order valence-corrected chi connectivity index (χ2v) is 6.14. The summed E-state index contributed by atoms with van der Waals surface area (Å²) in [6, 6.07) is 8.30. The van der Waals surface area contributed by atoms with Crippen molar-refractivity contribution >= 4 is 58.0 Å². The summed E-state index contributed by atoms with van der Waals surface area (Å²) < 4.78 is 0. The van der Waals surface area contributed by atoms with Crippen LogP contribution in [0.3, 0.4) is 0 Å². The fourth-order valence-corrected chi connectivity index (χ4v) is 2.74. The first-order chi connectivity index (χ1) is 10.8. The lowest BCUT2D eigenvalue weighted by Crippen LogP contribution is -2.29. The lowest BCUT2D eigenvalue weighted by molar-refractivity contribution is -0.133. The lowest BCUT2D eigenvalue weighted by atomic mass is 10.1. The van der Waals surface area contributed by atoms with Crippen molar-refractivity contribution < 1.29 is 9.59 Å². The largest absolute Gasteiger partial charge is 0.316 e.